The molecule has 124 valence electrons. The summed E-state index contributed by atoms with van der Waals surface area (Å²) in [5, 5.41) is 6.98. The maximum Gasteiger partial charge on any atom is 0.216 e. The number of aromatic amines is 1. The van der Waals surface area contributed by atoms with E-state index in [4.69, 9.17) is 5.73 Å². The second kappa shape index (κ2) is 6.92. The van der Waals surface area contributed by atoms with E-state index in [-0.39, 0.29) is 17.5 Å². The Morgan fingerprint density at radius 3 is 2.71 bits per heavy atom. The van der Waals surface area contributed by atoms with Gasteiger partial charge >= 0.3 is 0 Å². The minimum Gasteiger partial charge on any atom is -0.368 e. The Balaban J connectivity index is 1.74. The number of rotatable bonds is 6. The molecule has 7 heteroatoms. The molecule has 0 unspecified atom stereocenters. The average molecular weight is 341 g/mol. The molecule has 0 saturated carbocycles. The maximum absolute atomic E-state index is 12.5. The number of nitrogens with one attached hydrogen (secondary N) is 1. The molecule has 6 nitrogen and oxygen atoms in total. The van der Waals surface area contributed by atoms with Gasteiger partial charge in [-0.1, -0.05) is 42.1 Å². The number of nitrogens with zero attached hydrogens (tertiary/aromatic N) is 3. The molecule has 24 heavy (non-hydrogen) atoms. The Hall–Kier alpha value is -2.54. The van der Waals surface area contributed by atoms with Gasteiger partial charge in [0.05, 0.1) is 5.75 Å². The molecular formula is C17H19N5OS. The van der Waals surface area contributed by atoms with Gasteiger partial charge in [-0.05, 0) is 25.5 Å². The Bertz CT molecular complexity index is 853. The zero-order valence-electron chi connectivity index (χ0n) is 13.6. The molecule has 3 N–H and O–H groups in total. The van der Waals surface area contributed by atoms with Crippen molar-refractivity contribution in [3.05, 3.63) is 58.9 Å². The number of carbonyl (C=O) groups is 1. The van der Waals surface area contributed by atoms with E-state index in [1.165, 1.54) is 17.3 Å². The molecule has 3 rings (SSSR count). The summed E-state index contributed by atoms with van der Waals surface area (Å²) in [5.41, 5.74) is 9.51. The van der Waals surface area contributed by atoms with Crippen molar-refractivity contribution in [1.82, 2.24) is 19.7 Å². The van der Waals surface area contributed by atoms with E-state index in [0.29, 0.717) is 5.16 Å². The smallest absolute Gasteiger partial charge is 0.216 e. The number of benzene rings is 1. The van der Waals surface area contributed by atoms with E-state index in [1.54, 1.807) is 0 Å². The molecular weight excluding hydrogens is 322 g/mol. The van der Waals surface area contributed by atoms with Crippen LogP contribution in [0.15, 0.2) is 41.6 Å². The van der Waals surface area contributed by atoms with Gasteiger partial charge in [0.15, 0.2) is 5.78 Å². The Labute approximate surface area is 144 Å². The van der Waals surface area contributed by atoms with Crippen molar-refractivity contribution in [3.63, 3.8) is 0 Å². The van der Waals surface area contributed by atoms with Crippen LogP contribution in [-0.2, 0) is 6.54 Å². The molecule has 0 saturated heterocycles. The van der Waals surface area contributed by atoms with Crippen molar-refractivity contribution < 1.29 is 4.79 Å². The van der Waals surface area contributed by atoms with Crippen LogP contribution in [0.2, 0.25) is 0 Å². The van der Waals surface area contributed by atoms with Crippen LogP contribution in [0.1, 0.15) is 27.3 Å². The standard InChI is InChI=1S/C17H19N5OS/c1-11-8-14(15(23)10-24-17-19-16(18)20-21-17)12(2)22(11)9-13-6-4-3-5-7-13/h3-8H,9-10H2,1-2H3,(H3,18,19,20,21). The minimum atomic E-state index is 0.0655. The van der Waals surface area contributed by atoms with E-state index in [9.17, 15) is 4.79 Å². The van der Waals surface area contributed by atoms with Crippen molar-refractivity contribution in [1.29, 1.82) is 0 Å². The van der Waals surface area contributed by atoms with Crippen LogP contribution in [0.4, 0.5) is 5.95 Å². The van der Waals surface area contributed by atoms with Gasteiger partial charge in [0.2, 0.25) is 11.1 Å². The highest BCUT2D eigenvalue weighted by atomic mass is 32.2. The van der Waals surface area contributed by atoms with Crippen molar-refractivity contribution >= 4 is 23.5 Å². The summed E-state index contributed by atoms with van der Waals surface area (Å²) in [6, 6.07) is 12.2. The fraction of sp³-hybridized carbons (Fsp3) is 0.235. The van der Waals surface area contributed by atoms with E-state index < -0.39 is 0 Å². The molecule has 0 atom stereocenters. The molecule has 0 fully saturated rings. The molecule has 0 aliphatic heterocycles. The highest BCUT2D eigenvalue weighted by molar-refractivity contribution is 7.99. The Kier molecular flexibility index (Phi) is 4.71. The zero-order valence-corrected chi connectivity index (χ0v) is 14.4. The summed E-state index contributed by atoms with van der Waals surface area (Å²) in [5.74, 6) is 0.606. The summed E-state index contributed by atoms with van der Waals surface area (Å²) >= 11 is 1.28. The molecule has 0 radical (unpaired) electrons. The van der Waals surface area contributed by atoms with E-state index in [2.05, 4.69) is 31.9 Å². The van der Waals surface area contributed by atoms with Crippen LogP contribution in [-0.4, -0.2) is 31.3 Å². The second-order valence-corrected chi connectivity index (χ2v) is 6.51. The topological polar surface area (TPSA) is 89.6 Å². The number of nitrogen functional groups attached to an aromatic ring is 1. The van der Waals surface area contributed by atoms with Crippen molar-refractivity contribution in [2.24, 2.45) is 0 Å². The van der Waals surface area contributed by atoms with Crippen LogP contribution in [0.25, 0.3) is 0 Å². The van der Waals surface area contributed by atoms with Crippen LogP contribution in [0.3, 0.4) is 0 Å². The predicted octanol–water partition coefficient (Wildman–Crippen LogP) is 2.83. The van der Waals surface area contributed by atoms with Gasteiger partial charge < -0.3 is 10.3 Å². The number of aryl methyl sites for hydroxylation is 1. The second-order valence-electron chi connectivity index (χ2n) is 5.57. The molecule has 0 amide bonds. The number of Topliss-reactive ketones (excluding diaryl/α,β-unsaturated/α-hetero) is 1. The quantitative estimate of drug-likeness (QED) is 0.531. The molecule has 2 heterocycles. The van der Waals surface area contributed by atoms with Crippen LogP contribution in [0.5, 0.6) is 0 Å². The van der Waals surface area contributed by atoms with Crippen molar-refractivity contribution in [3.8, 4) is 0 Å². The molecule has 0 aliphatic carbocycles. The SMILES string of the molecule is Cc1cc(C(=O)CSc2n[nH]c(N)n2)c(C)n1Cc1ccccc1. The normalized spacial score (nSPS) is 10.9. The van der Waals surface area contributed by atoms with E-state index in [1.807, 2.05) is 38.1 Å². The van der Waals surface area contributed by atoms with Gasteiger partial charge in [-0.3, -0.25) is 4.79 Å². The van der Waals surface area contributed by atoms with Gasteiger partial charge in [-0.25, -0.2) is 5.10 Å². The summed E-state index contributed by atoms with van der Waals surface area (Å²) < 4.78 is 2.16. The average Bonchev–Trinajstić information content (AvgIpc) is 3.12. The summed E-state index contributed by atoms with van der Waals surface area (Å²) in [6.07, 6.45) is 0. The van der Waals surface area contributed by atoms with Crippen LogP contribution >= 0.6 is 11.8 Å². The van der Waals surface area contributed by atoms with Gasteiger partial charge in [-0.15, -0.1) is 5.10 Å². The van der Waals surface area contributed by atoms with Gasteiger partial charge in [0.25, 0.3) is 0 Å². The van der Waals surface area contributed by atoms with Gasteiger partial charge in [0.1, 0.15) is 0 Å². The summed E-state index contributed by atoms with van der Waals surface area (Å²) in [4.78, 5) is 16.5. The van der Waals surface area contributed by atoms with Gasteiger partial charge in [-0.2, -0.15) is 4.98 Å². The number of hydrogen-bond acceptors (Lipinski definition) is 5. The summed E-state index contributed by atoms with van der Waals surface area (Å²) in [7, 11) is 0. The first kappa shape index (κ1) is 16.3. The van der Waals surface area contributed by atoms with Crippen LogP contribution in [0, 0.1) is 13.8 Å². The van der Waals surface area contributed by atoms with Crippen molar-refractivity contribution in [2.75, 3.05) is 11.5 Å². The van der Waals surface area contributed by atoms with Gasteiger partial charge in [0, 0.05) is 23.5 Å². The number of anilines is 1. The van der Waals surface area contributed by atoms with Crippen LogP contribution < -0.4 is 5.73 Å². The molecule has 0 aliphatic rings. The molecule has 1 aromatic carbocycles. The predicted molar refractivity (Wildman–Crippen MR) is 95.3 cm³/mol. The third-order valence-electron chi connectivity index (χ3n) is 3.87. The number of thioether (sulfide) groups is 1. The molecule has 2 aromatic heterocycles. The number of hydrogen-bond donors (Lipinski definition) is 2. The molecule has 3 aromatic rings. The molecule has 0 spiro atoms. The third kappa shape index (κ3) is 3.51. The number of H-pyrrole nitrogens is 1. The summed E-state index contributed by atoms with van der Waals surface area (Å²) in [6.45, 7) is 4.77. The first-order valence-corrected chi connectivity index (χ1v) is 8.57. The Morgan fingerprint density at radius 1 is 1.29 bits per heavy atom. The van der Waals surface area contributed by atoms with E-state index >= 15 is 0 Å². The lowest BCUT2D eigenvalue weighted by atomic mass is 10.2. The lowest BCUT2D eigenvalue weighted by Crippen LogP contribution is -2.07. The minimum absolute atomic E-state index is 0.0655. The highest BCUT2D eigenvalue weighted by Crippen LogP contribution is 2.21. The zero-order chi connectivity index (χ0) is 17.1. The number of nitrogens with two attached hydrogens (primary N) is 1. The monoisotopic (exact) mass is 341 g/mol. The largest absolute Gasteiger partial charge is 0.368 e. The first-order chi connectivity index (χ1) is 11.5. The number of ketones is 1. The first-order valence-electron chi connectivity index (χ1n) is 7.59. The van der Waals surface area contributed by atoms with Crippen molar-refractivity contribution in [2.45, 2.75) is 25.5 Å². The fourth-order valence-corrected chi connectivity index (χ4v) is 3.31. The highest BCUT2D eigenvalue weighted by Gasteiger charge is 2.17. The number of carbonyl (C=O) groups excluding carboxylic acids is 1. The lowest BCUT2D eigenvalue weighted by molar-refractivity contribution is 0.102. The number of aromatic nitrogens is 4. The van der Waals surface area contributed by atoms with E-state index in [0.717, 1.165) is 23.5 Å². The fourth-order valence-electron chi connectivity index (χ4n) is 2.62. The molecule has 0 bridgehead atoms. The Morgan fingerprint density at radius 2 is 2.04 bits per heavy atom. The lowest BCUT2D eigenvalue weighted by Gasteiger charge is -2.09. The third-order valence-corrected chi connectivity index (χ3v) is 4.72. The maximum atomic E-state index is 12.5.